The standard InChI is InChI=1S/C67H89N6O23P3S4/c1-4-103(100)41-91-55-38-54(93-56(55)39-92-98(83,84)96-99(85,86)95-97(80,81)82)50-37-45(63(68)71-64(50)76)12-5-22-70-66(79)90-30-11-29-89-40-101-102-67(2,3)21-20-57(75)69-23-31-88-33-32-87-28-10-17-53(74)42-18-19-46(65(77)78)49(34-42)58-51-35-43-13-6-24-72-26-8-15-47(59(43)72)61(51)94-62-48-16-9-27-73-25-7-14-44(60(48)73)36-52(58)62/h18-19,34-37,50,54-56,63H,4,6-11,13-17,20-33,38-41,68H2,1-3H3,(H7-,69,70,71,75,76,77,78,79,80,81,82,83,84,85,86)/p+1/t50?,54-,55?,56-,63?,103?/m1/s1. The van der Waals surface area contributed by atoms with Gasteiger partial charge in [-0.25, -0.2) is 27.9 Å². The number of carbonyl (C=O) groups is 5. The van der Waals surface area contributed by atoms with Gasteiger partial charge < -0.3 is 84.4 Å². The van der Waals surface area contributed by atoms with Gasteiger partial charge in [0.25, 0.3) is 0 Å². The molecule has 10 rings (SSSR count). The maximum atomic E-state index is 14.0. The van der Waals surface area contributed by atoms with Crippen LogP contribution in [-0.4, -0.2) is 187 Å². The molecule has 1 saturated heterocycles. The van der Waals surface area contributed by atoms with Gasteiger partial charge >= 0.3 is 35.5 Å². The second kappa shape index (κ2) is 36.7. The number of aromatic carboxylic acids is 1. The number of hydrogen-bond donors (Lipinski definition) is 9. The van der Waals surface area contributed by atoms with E-state index in [0.29, 0.717) is 88.1 Å². The molecule has 0 bridgehead atoms. The fraction of sp³-hybridized carbons (Fsp3) is 0.582. The first-order valence-corrected chi connectivity index (χ1v) is 43.7. The third-order valence-electron chi connectivity index (χ3n) is 18.2. The number of amides is 3. The first-order chi connectivity index (χ1) is 49.2. The smallest absolute Gasteiger partial charge is 0.478 e. The fourth-order valence-electron chi connectivity index (χ4n) is 13.6. The number of fused-ring (bicyclic) bond motifs is 4. The Hall–Kier alpha value is -4.98. The summed E-state index contributed by atoms with van der Waals surface area (Å²) in [6, 6.07) is 9.50. The summed E-state index contributed by atoms with van der Waals surface area (Å²) in [6.45, 7) is 11.0. The second-order valence-corrected chi connectivity index (χ2v) is 36.6. The number of benzene rings is 3. The number of nitrogens with one attached hydrogen (secondary N) is 3. The largest absolute Gasteiger partial charge is 0.490 e. The summed E-state index contributed by atoms with van der Waals surface area (Å²) in [4.78, 5) is 105. The number of phosphoric ester groups is 1. The van der Waals surface area contributed by atoms with E-state index in [4.69, 9.17) is 64.4 Å². The number of carbonyl (C=O) groups excluding carboxylic acids is 4. The van der Waals surface area contributed by atoms with Crippen LogP contribution in [0.5, 0.6) is 11.5 Å². The van der Waals surface area contributed by atoms with Crippen molar-refractivity contribution in [1.82, 2.24) is 20.5 Å². The summed E-state index contributed by atoms with van der Waals surface area (Å²) in [5.74, 6) is 5.47. The number of nitrogens with two attached hydrogens (primary N) is 1. The van der Waals surface area contributed by atoms with Gasteiger partial charge in [-0.15, -0.1) is 0 Å². The molecule has 10 N–H and O–H groups in total. The second-order valence-electron chi connectivity index (χ2n) is 26.2. The van der Waals surface area contributed by atoms with Crippen molar-refractivity contribution in [3.05, 3.63) is 97.1 Å². The fourth-order valence-corrected chi connectivity index (χ4v) is 19.5. The van der Waals surface area contributed by atoms with Crippen molar-refractivity contribution in [2.45, 2.75) is 140 Å². The molecule has 564 valence electrons. The van der Waals surface area contributed by atoms with Gasteiger partial charge in [-0.1, -0.05) is 61.9 Å². The van der Waals surface area contributed by atoms with Gasteiger partial charge in [-0.2, -0.15) is 8.62 Å². The van der Waals surface area contributed by atoms with E-state index in [-0.39, 0.29) is 59.5 Å². The maximum Gasteiger partial charge on any atom is 0.490 e. The van der Waals surface area contributed by atoms with Gasteiger partial charge in [-0.05, 0) is 118 Å². The Bertz CT molecular complexity index is 4090. The molecule has 8 atom stereocenters. The summed E-state index contributed by atoms with van der Waals surface area (Å²) >= 11 is 5.36. The van der Waals surface area contributed by atoms with Crippen LogP contribution in [0.1, 0.15) is 139 Å². The van der Waals surface area contributed by atoms with Crippen LogP contribution in [0.25, 0.3) is 5.57 Å². The zero-order valence-electron chi connectivity index (χ0n) is 57.6. The van der Waals surface area contributed by atoms with Gasteiger partial charge in [0.1, 0.15) is 42.8 Å². The zero-order valence-corrected chi connectivity index (χ0v) is 63.5. The lowest BCUT2D eigenvalue weighted by Crippen LogP contribution is -2.51. The molecule has 7 heterocycles. The van der Waals surface area contributed by atoms with Gasteiger partial charge in [0.2, 0.25) is 17.2 Å². The molecule has 0 spiro atoms. The molecule has 7 aliphatic rings. The number of hydrogen-bond acceptors (Lipinski definition) is 23. The quantitative estimate of drug-likeness (QED) is 0.00485. The summed E-state index contributed by atoms with van der Waals surface area (Å²) in [5.41, 5.74) is 15.5. The Morgan fingerprint density at radius 1 is 0.864 bits per heavy atom. The molecule has 3 aromatic carbocycles. The molecule has 6 unspecified atom stereocenters. The molecule has 103 heavy (non-hydrogen) atoms. The molecule has 0 aromatic heterocycles. The van der Waals surface area contributed by atoms with Crippen LogP contribution >= 0.6 is 45.1 Å². The molecule has 1 fully saturated rings. The van der Waals surface area contributed by atoms with E-state index in [1.54, 1.807) is 29.0 Å². The molecular weight excluding hydrogens is 1480 g/mol. The van der Waals surface area contributed by atoms with Gasteiger partial charge in [0, 0.05) is 114 Å². The first kappa shape index (κ1) is 80.6. The number of rotatable bonds is 37. The summed E-state index contributed by atoms with van der Waals surface area (Å²) < 4.78 is 91.6. The molecule has 3 amide bonds. The molecular formula is C67H90N6O23P3S4+. The maximum absolute atomic E-state index is 14.0. The summed E-state index contributed by atoms with van der Waals surface area (Å²) in [5, 5.41) is 21.0. The molecule has 0 aliphatic carbocycles. The van der Waals surface area contributed by atoms with Gasteiger partial charge in [0.15, 0.2) is 5.78 Å². The number of carboxylic acid groups (broad SMARTS) is 1. The van der Waals surface area contributed by atoms with Crippen molar-refractivity contribution in [1.29, 1.82) is 0 Å². The van der Waals surface area contributed by atoms with E-state index < -0.39 is 87.9 Å². The van der Waals surface area contributed by atoms with Crippen molar-refractivity contribution in [2.24, 2.45) is 11.7 Å². The minimum atomic E-state index is -5.78. The molecule has 0 radical (unpaired) electrons. The number of carboxylic acids is 1. The number of aryl methyl sites for hydroxylation is 2. The molecule has 3 aromatic rings. The highest BCUT2D eigenvalue weighted by atomic mass is 33.1. The molecule has 7 aliphatic heterocycles. The Balaban J connectivity index is 0.581. The van der Waals surface area contributed by atoms with Crippen LogP contribution in [0.4, 0.5) is 10.5 Å². The average molecular weight is 1570 g/mol. The minimum Gasteiger partial charge on any atom is -0.478 e. The van der Waals surface area contributed by atoms with E-state index in [0.717, 1.165) is 105 Å². The topological polar surface area (TPSA) is 398 Å². The SMILES string of the molecule is CCS(=S)COC1C[C@H](C2C=C(C#CCNC(=O)OCCCOCSSC(C)(C)CCC(=O)NCCOCCOCCCC(=O)c3ccc(C(=O)O)c(C4=c5cc6c7c(c5Oc5c4cc4c8c5CCCN8CCC4)CCC[N+]=7CCC6)c3)C(N)NC2=O)O[C@@H]1COP(=O)(O)OP(=O)(O)OP(=O)(O)O. The number of Topliss-reactive ketones (excluding diaryl/α,β-unsaturated/α-hetero) is 1. The Kier molecular flexibility index (Phi) is 28.7. The van der Waals surface area contributed by atoms with Crippen molar-refractivity contribution < 1.29 is 109 Å². The molecule has 29 nitrogen and oxygen atoms in total. The van der Waals surface area contributed by atoms with Gasteiger partial charge in [-0.3, -0.25) is 18.9 Å². The number of ketones is 1. The predicted molar refractivity (Wildman–Crippen MR) is 389 cm³/mol. The number of anilines is 1. The van der Waals surface area contributed by atoms with E-state index >= 15 is 0 Å². The summed E-state index contributed by atoms with van der Waals surface area (Å²) in [6.07, 6.45) is 6.58. The van der Waals surface area contributed by atoms with Crippen molar-refractivity contribution in [2.75, 3.05) is 108 Å². The predicted octanol–water partition coefficient (Wildman–Crippen LogP) is 5.87. The minimum absolute atomic E-state index is 0.0342. The number of phosphoric acid groups is 3. The first-order valence-electron chi connectivity index (χ1n) is 34.4. The van der Waals surface area contributed by atoms with E-state index in [9.17, 15) is 52.6 Å². The Morgan fingerprint density at radius 3 is 2.37 bits per heavy atom. The highest BCUT2D eigenvalue weighted by Crippen LogP contribution is 2.66. The van der Waals surface area contributed by atoms with E-state index in [2.05, 4.69) is 58.0 Å². The highest BCUT2D eigenvalue weighted by molar-refractivity contribution is 8.77. The van der Waals surface area contributed by atoms with Crippen LogP contribution in [0.3, 0.4) is 0 Å². The van der Waals surface area contributed by atoms with Crippen molar-refractivity contribution in [3.8, 4) is 23.3 Å². The summed E-state index contributed by atoms with van der Waals surface area (Å²) in [7, 11) is -14.4. The van der Waals surface area contributed by atoms with E-state index in [1.807, 2.05) is 20.8 Å². The molecule has 0 saturated carbocycles. The molecule has 36 heteroatoms. The van der Waals surface area contributed by atoms with Crippen molar-refractivity contribution in [3.63, 3.8) is 0 Å². The van der Waals surface area contributed by atoms with Crippen LogP contribution in [0.15, 0.2) is 42.0 Å². The number of ether oxygens (including phenoxy) is 7. The van der Waals surface area contributed by atoms with Crippen molar-refractivity contribution >= 4 is 107 Å². The van der Waals surface area contributed by atoms with Crippen LogP contribution in [0.2, 0.25) is 0 Å². The average Bonchev–Trinajstić information content (AvgIpc) is 1.01. The number of alkyl carbamates (subject to hydrolysis) is 1. The lowest BCUT2D eigenvalue weighted by molar-refractivity contribution is -0.129. The monoisotopic (exact) mass is 1570 g/mol. The Labute approximate surface area is 612 Å². The lowest BCUT2D eigenvalue weighted by atomic mass is 9.81. The van der Waals surface area contributed by atoms with Crippen LogP contribution < -0.4 is 46.5 Å². The normalized spacial score (nSPS) is 21.2. The highest BCUT2D eigenvalue weighted by Gasteiger charge is 2.47. The van der Waals surface area contributed by atoms with Crippen LogP contribution in [-0.2, 0) is 111 Å². The van der Waals surface area contributed by atoms with E-state index in [1.165, 1.54) is 50.2 Å². The third kappa shape index (κ3) is 22.1. The third-order valence-corrected chi connectivity index (χ3v) is 27.1. The number of nitrogens with zero attached hydrogens (tertiary/aromatic N) is 2. The zero-order chi connectivity index (χ0) is 73.6. The van der Waals surface area contributed by atoms with Gasteiger partial charge in [0.05, 0.1) is 81.4 Å². The lowest BCUT2D eigenvalue weighted by Gasteiger charge is -2.39. The Morgan fingerprint density at radius 2 is 1.60 bits per heavy atom. The van der Waals surface area contributed by atoms with Crippen LogP contribution in [0, 0.1) is 17.8 Å².